The molecular formula is C7H7N5O2S2. The van der Waals surface area contributed by atoms with Crippen LogP contribution in [0.3, 0.4) is 0 Å². The Balaban J connectivity index is 2.37. The number of sulfonamides is 1. The Morgan fingerprint density at radius 3 is 2.88 bits per heavy atom. The average Bonchev–Trinajstić information content (AvgIpc) is 2.70. The molecule has 0 saturated heterocycles. The molecule has 0 aliphatic heterocycles. The molecule has 0 aliphatic carbocycles. The van der Waals surface area contributed by atoms with Crippen LogP contribution in [0, 0.1) is 0 Å². The lowest BCUT2D eigenvalue weighted by atomic mass is 10.4. The van der Waals surface area contributed by atoms with Gasteiger partial charge >= 0.3 is 0 Å². The smallest absolute Gasteiger partial charge is 0.283 e. The molecule has 0 unspecified atom stereocenters. The van der Waals surface area contributed by atoms with Crippen LogP contribution < -0.4 is 10.5 Å². The van der Waals surface area contributed by atoms with E-state index >= 15 is 0 Å². The highest BCUT2D eigenvalue weighted by Crippen LogP contribution is 2.19. The van der Waals surface area contributed by atoms with Crippen molar-refractivity contribution in [3.8, 4) is 0 Å². The average molecular weight is 257 g/mol. The largest absolute Gasteiger partial charge is 0.396 e. The van der Waals surface area contributed by atoms with Gasteiger partial charge in [0.15, 0.2) is 5.03 Å². The van der Waals surface area contributed by atoms with Crippen LogP contribution in [0.25, 0.3) is 0 Å². The van der Waals surface area contributed by atoms with Crippen LogP contribution in [0.1, 0.15) is 0 Å². The van der Waals surface area contributed by atoms with E-state index in [-0.39, 0.29) is 15.8 Å². The van der Waals surface area contributed by atoms with Gasteiger partial charge in [0.05, 0.1) is 5.69 Å². The summed E-state index contributed by atoms with van der Waals surface area (Å²) in [4.78, 5) is 3.71. The van der Waals surface area contributed by atoms with Gasteiger partial charge < -0.3 is 5.73 Å². The molecule has 9 heteroatoms. The zero-order chi connectivity index (χ0) is 11.6. The maximum Gasteiger partial charge on any atom is 0.283 e. The molecule has 0 amide bonds. The highest BCUT2D eigenvalue weighted by Gasteiger charge is 2.19. The number of nitrogen functional groups attached to an aromatic ring is 1. The fraction of sp³-hybridized carbons (Fsp3) is 0. The molecule has 16 heavy (non-hydrogen) atoms. The molecule has 0 aromatic carbocycles. The molecule has 2 heterocycles. The number of pyridine rings is 1. The number of rotatable bonds is 3. The zero-order valence-corrected chi connectivity index (χ0v) is 9.49. The standard InChI is InChI=1S/C7H7N5O2S2/c8-5-2-1-3-9-6(5)16(13,14)12-7-11-10-4-15-7/h1-4H,8H2,(H,11,12). The molecule has 0 atom stereocenters. The van der Waals surface area contributed by atoms with Crippen molar-refractivity contribution in [2.24, 2.45) is 0 Å². The minimum Gasteiger partial charge on any atom is -0.396 e. The molecule has 0 radical (unpaired) electrons. The minimum atomic E-state index is -3.79. The number of nitrogens with zero attached hydrogens (tertiary/aromatic N) is 3. The van der Waals surface area contributed by atoms with Crippen LogP contribution in [0.4, 0.5) is 10.8 Å². The maximum atomic E-state index is 11.8. The van der Waals surface area contributed by atoms with E-state index in [0.29, 0.717) is 0 Å². The van der Waals surface area contributed by atoms with Crippen LogP contribution in [-0.2, 0) is 10.0 Å². The van der Waals surface area contributed by atoms with E-state index in [2.05, 4.69) is 19.9 Å². The van der Waals surface area contributed by atoms with Crippen molar-refractivity contribution in [3.05, 3.63) is 23.8 Å². The predicted molar refractivity (Wildman–Crippen MR) is 59.4 cm³/mol. The maximum absolute atomic E-state index is 11.8. The van der Waals surface area contributed by atoms with Gasteiger partial charge in [0, 0.05) is 6.20 Å². The molecule has 0 fully saturated rings. The van der Waals surface area contributed by atoms with Crippen LogP contribution in [-0.4, -0.2) is 23.6 Å². The van der Waals surface area contributed by atoms with Gasteiger partial charge in [-0.05, 0) is 12.1 Å². The lowest BCUT2D eigenvalue weighted by Gasteiger charge is -2.05. The van der Waals surface area contributed by atoms with Crippen molar-refractivity contribution in [1.82, 2.24) is 15.2 Å². The Morgan fingerprint density at radius 1 is 1.44 bits per heavy atom. The first-order chi connectivity index (χ1) is 7.59. The SMILES string of the molecule is Nc1cccnc1S(=O)(=O)Nc1nncs1. The summed E-state index contributed by atoms with van der Waals surface area (Å²) < 4.78 is 25.8. The van der Waals surface area contributed by atoms with Gasteiger partial charge in [0.2, 0.25) is 5.13 Å². The van der Waals surface area contributed by atoms with E-state index in [9.17, 15) is 8.42 Å². The monoisotopic (exact) mass is 257 g/mol. The molecule has 0 bridgehead atoms. The summed E-state index contributed by atoms with van der Waals surface area (Å²) in [6.07, 6.45) is 1.35. The van der Waals surface area contributed by atoms with E-state index in [1.54, 1.807) is 6.07 Å². The van der Waals surface area contributed by atoms with E-state index in [4.69, 9.17) is 5.73 Å². The second-order valence-electron chi connectivity index (χ2n) is 2.75. The first kappa shape index (κ1) is 10.8. The number of aromatic nitrogens is 3. The highest BCUT2D eigenvalue weighted by molar-refractivity contribution is 7.93. The normalized spacial score (nSPS) is 11.2. The molecule has 3 N–H and O–H groups in total. The van der Waals surface area contributed by atoms with Gasteiger partial charge in [-0.15, -0.1) is 10.2 Å². The van der Waals surface area contributed by atoms with Crippen LogP contribution in [0.5, 0.6) is 0 Å². The summed E-state index contributed by atoms with van der Waals surface area (Å²) in [7, 11) is -3.79. The van der Waals surface area contributed by atoms with Gasteiger partial charge in [0.25, 0.3) is 10.0 Å². The fourth-order valence-electron chi connectivity index (χ4n) is 1.01. The van der Waals surface area contributed by atoms with Crippen molar-refractivity contribution >= 4 is 32.2 Å². The number of hydrogen-bond donors (Lipinski definition) is 2. The quantitative estimate of drug-likeness (QED) is 0.819. The molecule has 0 aliphatic rings. The van der Waals surface area contributed by atoms with Crippen molar-refractivity contribution in [1.29, 1.82) is 0 Å². The van der Waals surface area contributed by atoms with Crippen molar-refractivity contribution in [3.63, 3.8) is 0 Å². The number of nitrogens with one attached hydrogen (secondary N) is 1. The molecule has 7 nitrogen and oxygen atoms in total. The zero-order valence-electron chi connectivity index (χ0n) is 7.86. The molecular weight excluding hydrogens is 250 g/mol. The summed E-state index contributed by atoms with van der Waals surface area (Å²) in [6, 6.07) is 3.01. The first-order valence-corrected chi connectivity index (χ1v) is 6.45. The van der Waals surface area contributed by atoms with Crippen LogP contribution in [0.15, 0.2) is 28.9 Å². The van der Waals surface area contributed by atoms with Gasteiger partial charge in [-0.1, -0.05) is 11.3 Å². The third-order valence-electron chi connectivity index (χ3n) is 1.64. The number of anilines is 2. The molecule has 2 aromatic heterocycles. The van der Waals surface area contributed by atoms with E-state index in [0.717, 1.165) is 11.3 Å². The molecule has 2 rings (SSSR count). The van der Waals surface area contributed by atoms with Gasteiger partial charge in [-0.2, -0.15) is 8.42 Å². The lowest BCUT2D eigenvalue weighted by molar-refractivity contribution is 0.598. The van der Waals surface area contributed by atoms with Crippen LogP contribution >= 0.6 is 11.3 Å². The Bertz CT molecular complexity index is 581. The second-order valence-corrected chi connectivity index (χ2v) is 5.18. The Morgan fingerprint density at radius 2 is 2.25 bits per heavy atom. The summed E-state index contributed by atoms with van der Waals surface area (Å²) in [5.74, 6) is 0. The Labute approximate surface area is 95.4 Å². The van der Waals surface area contributed by atoms with Gasteiger partial charge in [0.1, 0.15) is 5.51 Å². The fourth-order valence-corrected chi connectivity index (χ4v) is 2.76. The van der Waals surface area contributed by atoms with Gasteiger partial charge in [-0.25, -0.2) is 4.98 Å². The summed E-state index contributed by atoms with van der Waals surface area (Å²) >= 11 is 1.07. The lowest BCUT2D eigenvalue weighted by Crippen LogP contribution is -2.16. The molecule has 0 spiro atoms. The van der Waals surface area contributed by atoms with Crippen molar-refractivity contribution in [2.45, 2.75) is 5.03 Å². The van der Waals surface area contributed by atoms with Crippen LogP contribution in [0.2, 0.25) is 0 Å². The highest BCUT2D eigenvalue weighted by atomic mass is 32.2. The number of nitrogens with two attached hydrogens (primary N) is 1. The summed E-state index contributed by atoms with van der Waals surface area (Å²) in [5, 5.41) is 7.03. The Hall–Kier alpha value is -1.74. The van der Waals surface area contributed by atoms with Gasteiger partial charge in [-0.3, -0.25) is 4.72 Å². The first-order valence-electron chi connectivity index (χ1n) is 4.09. The molecule has 0 saturated carbocycles. The van der Waals surface area contributed by atoms with E-state index in [1.165, 1.54) is 17.8 Å². The minimum absolute atomic E-state index is 0.0829. The third-order valence-corrected chi connectivity index (χ3v) is 3.68. The second kappa shape index (κ2) is 4.02. The number of hydrogen-bond acceptors (Lipinski definition) is 7. The molecule has 84 valence electrons. The van der Waals surface area contributed by atoms with E-state index < -0.39 is 10.0 Å². The van der Waals surface area contributed by atoms with Crippen molar-refractivity contribution in [2.75, 3.05) is 10.5 Å². The van der Waals surface area contributed by atoms with Crippen molar-refractivity contribution < 1.29 is 8.42 Å². The summed E-state index contributed by atoms with van der Waals surface area (Å²) in [6.45, 7) is 0. The van der Waals surface area contributed by atoms with E-state index in [1.807, 2.05) is 0 Å². The summed E-state index contributed by atoms with van der Waals surface area (Å²) in [5.41, 5.74) is 7.02. The predicted octanol–water partition coefficient (Wildman–Crippen LogP) is 0.316. The topological polar surface area (TPSA) is 111 Å². The third kappa shape index (κ3) is 2.09. The molecule has 2 aromatic rings. The Kier molecular flexibility index (Phi) is 2.71.